The number of benzene rings is 2. The molecule has 0 aliphatic carbocycles. The molecule has 2 aromatic rings. The van der Waals surface area contributed by atoms with Gasteiger partial charge in [-0.3, -0.25) is 0 Å². The third-order valence-electron chi connectivity index (χ3n) is 3.26. The largest absolute Gasteiger partial charge is 0.493 e. The van der Waals surface area contributed by atoms with Gasteiger partial charge in [0.1, 0.15) is 5.75 Å². The Hall–Kier alpha value is -2.23. The van der Waals surface area contributed by atoms with E-state index in [0.717, 1.165) is 30.0 Å². The average molecular weight is 272 g/mol. The summed E-state index contributed by atoms with van der Waals surface area (Å²) in [7, 11) is 0. The van der Waals surface area contributed by atoms with Gasteiger partial charge in [0.15, 0.2) is 5.84 Å². The van der Waals surface area contributed by atoms with Crippen molar-refractivity contribution in [1.82, 2.24) is 0 Å². The molecule has 3 N–H and O–H groups in total. The van der Waals surface area contributed by atoms with Gasteiger partial charge in [-0.05, 0) is 23.3 Å². The van der Waals surface area contributed by atoms with Crippen LogP contribution >= 0.6 is 0 Å². The summed E-state index contributed by atoms with van der Waals surface area (Å²) < 4.78 is 5.80. The Morgan fingerprint density at radius 3 is 2.75 bits per heavy atom. The first-order chi connectivity index (χ1) is 9.77. The van der Waals surface area contributed by atoms with Crippen LogP contribution in [-0.4, -0.2) is 17.6 Å². The van der Waals surface area contributed by atoms with Crippen molar-refractivity contribution in [2.75, 3.05) is 6.61 Å². The van der Waals surface area contributed by atoms with E-state index in [1.807, 2.05) is 36.4 Å². The zero-order valence-corrected chi connectivity index (χ0v) is 11.7. The maximum absolute atomic E-state index is 8.99. The van der Waals surface area contributed by atoms with Crippen LogP contribution in [0.15, 0.2) is 41.6 Å². The van der Waals surface area contributed by atoms with E-state index in [-0.39, 0.29) is 5.84 Å². The molecule has 0 aliphatic heterocycles. The van der Waals surface area contributed by atoms with Gasteiger partial charge < -0.3 is 15.7 Å². The maximum atomic E-state index is 8.99. The molecule has 0 unspecified atom stereocenters. The van der Waals surface area contributed by atoms with E-state index in [4.69, 9.17) is 15.7 Å². The molecule has 0 saturated carbocycles. The van der Waals surface area contributed by atoms with Gasteiger partial charge in [-0.15, -0.1) is 0 Å². The minimum absolute atomic E-state index is 0.0762. The van der Waals surface area contributed by atoms with E-state index >= 15 is 0 Å². The van der Waals surface area contributed by atoms with Crippen molar-refractivity contribution in [3.05, 3.63) is 42.0 Å². The first kappa shape index (κ1) is 14.2. The van der Waals surface area contributed by atoms with Crippen LogP contribution in [0, 0.1) is 0 Å². The number of hydrogen-bond acceptors (Lipinski definition) is 3. The quantitative estimate of drug-likeness (QED) is 0.278. The number of nitrogens with zero attached hydrogens (tertiary/aromatic N) is 1. The molecule has 0 saturated heterocycles. The first-order valence-electron chi connectivity index (χ1n) is 6.90. The Morgan fingerprint density at radius 1 is 1.20 bits per heavy atom. The van der Waals surface area contributed by atoms with Gasteiger partial charge in [0.2, 0.25) is 0 Å². The SMILES string of the molecule is CCCCCOc1ccc2ccccc2c1/C(N)=N/O. The Bertz CT molecular complexity index is 608. The van der Waals surface area contributed by atoms with Gasteiger partial charge in [0, 0.05) is 0 Å². The molecule has 4 nitrogen and oxygen atoms in total. The van der Waals surface area contributed by atoms with Gasteiger partial charge in [-0.25, -0.2) is 0 Å². The first-order valence-corrected chi connectivity index (χ1v) is 6.90. The van der Waals surface area contributed by atoms with Crippen LogP contribution in [0.4, 0.5) is 0 Å². The molecule has 106 valence electrons. The molecule has 0 aromatic heterocycles. The zero-order valence-electron chi connectivity index (χ0n) is 11.7. The van der Waals surface area contributed by atoms with Crippen molar-refractivity contribution in [2.45, 2.75) is 26.2 Å². The lowest BCUT2D eigenvalue weighted by atomic mass is 10.0. The van der Waals surface area contributed by atoms with Crippen molar-refractivity contribution >= 4 is 16.6 Å². The monoisotopic (exact) mass is 272 g/mol. The lowest BCUT2D eigenvalue weighted by Gasteiger charge is -2.13. The Balaban J connectivity index is 2.38. The summed E-state index contributed by atoms with van der Waals surface area (Å²) in [6, 6.07) is 11.7. The molecule has 2 rings (SSSR count). The molecule has 0 amide bonds. The van der Waals surface area contributed by atoms with E-state index in [1.54, 1.807) is 0 Å². The summed E-state index contributed by atoms with van der Waals surface area (Å²) >= 11 is 0. The van der Waals surface area contributed by atoms with Crippen LogP contribution < -0.4 is 10.5 Å². The van der Waals surface area contributed by atoms with E-state index in [9.17, 15) is 0 Å². The molecule has 20 heavy (non-hydrogen) atoms. The molecule has 2 aromatic carbocycles. The minimum Gasteiger partial charge on any atom is -0.493 e. The number of hydrogen-bond donors (Lipinski definition) is 2. The topological polar surface area (TPSA) is 67.8 Å². The fourth-order valence-electron chi connectivity index (χ4n) is 2.22. The second kappa shape index (κ2) is 6.80. The number of unbranched alkanes of at least 4 members (excludes halogenated alkanes) is 2. The van der Waals surface area contributed by atoms with Gasteiger partial charge in [-0.2, -0.15) is 0 Å². The van der Waals surface area contributed by atoms with Gasteiger partial charge >= 0.3 is 0 Å². The highest BCUT2D eigenvalue weighted by atomic mass is 16.5. The second-order valence-electron chi connectivity index (χ2n) is 4.70. The minimum atomic E-state index is 0.0762. The third kappa shape index (κ3) is 3.02. The van der Waals surface area contributed by atoms with Crippen molar-refractivity contribution < 1.29 is 9.94 Å². The van der Waals surface area contributed by atoms with E-state index in [0.29, 0.717) is 17.9 Å². The Morgan fingerprint density at radius 2 is 2.00 bits per heavy atom. The average Bonchev–Trinajstić information content (AvgIpc) is 2.50. The number of oxime groups is 1. The summed E-state index contributed by atoms with van der Waals surface area (Å²) in [6.45, 7) is 2.79. The van der Waals surface area contributed by atoms with Gasteiger partial charge in [0.25, 0.3) is 0 Å². The lowest BCUT2D eigenvalue weighted by molar-refractivity contribution is 0.304. The summed E-state index contributed by atoms with van der Waals surface area (Å²) in [5, 5.41) is 14.1. The standard InChI is InChI=1S/C16H20N2O2/c1-2-3-6-11-20-14-10-9-12-7-4-5-8-13(12)15(14)16(17)18-19/h4-5,7-10,19H,2-3,6,11H2,1H3,(H2,17,18). The highest BCUT2D eigenvalue weighted by molar-refractivity contribution is 6.11. The smallest absolute Gasteiger partial charge is 0.174 e. The number of ether oxygens (including phenoxy) is 1. The second-order valence-corrected chi connectivity index (χ2v) is 4.70. The molecular weight excluding hydrogens is 252 g/mol. The highest BCUT2D eigenvalue weighted by Crippen LogP contribution is 2.28. The van der Waals surface area contributed by atoms with Crippen LogP contribution in [0.1, 0.15) is 31.7 Å². The predicted octanol–water partition coefficient (Wildman–Crippen LogP) is 3.50. The van der Waals surface area contributed by atoms with Crippen molar-refractivity contribution in [3.8, 4) is 5.75 Å². The fraction of sp³-hybridized carbons (Fsp3) is 0.312. The lowest BCUT2D eigenvalue weighted by Crippen LogP contribution is -2.15. The molecule has 0 bridgehead atoms. The summed E-state index contributed by atoms with van der Waals surface area (Å²) in [4.78, 5) is 0. The van der Waals surface area contributed by atoms with Crippen LogP contribution in [0.5, 0.6) is 5.75 Å². The van der Waals surface area contributed by atoms with Crippen LogP contribution in [0.2, 0.25) is 0 Å². The molecule has 0 radical (unpaired) electrons. The molecular formula is C16H20N2O2. The number of fused-ring (bicyclic) bond motifs is 1. The highest BCUT2D eigenvalue weighted by Gasteiger charge is 2.12. The van der Waals surface area contributed by atoms with Gasteiger partial charge in [0.05, 0.1) is 12.2 Å². The Kier molecular flexibility index (Phi) is 4.82. The van der Waals surface area contributed by atoms with E-state index in [2.05, 4.69) is 12.1 Å². The van der Waals surface area contributed by atoms with Gasteiger partial charge in [-0.1, -0.05) is 55.3 Å². The van der Waals surface area contributed by atoms with Crippen molar-refractivity contribution in [2.24, 2.45) is 10.9 Å². The molecule has 4 heteroatoms. The molecule has 0 atom stereocenters. The van der Waals surface area contributed by atoms with Crippen molar-refractivity contribution in [1.29, 1.82) is 0 Å². The molecule has 0 fully saturated rings. The number of rotatable bonds is 6. The van der Waals surface area contributed by atoms with Crippen LogP contribution in [0.3, 0.4) is 0 Å². The summed E-state index contributed by atoms with van der Waals surface area (Å²) in [6.07, 6.45) is 3.28. The molecule has 0 spiro atoms. The Labute approximate surface area is 118 Å². The zero-order chi connectivity index (χ0) is 14.4. The van der Waals surface area contributed by atoms with Crippen LogP contribution in [-0.2, 0) is 0 Å². The van der Waals surface area contributed by atoms with Crippen LogP contribution in [0.25, 0.3) is 10.8 Å². The van der Waals surface area contributed by atoms with Crippen molar-refractivity contribution in [3.63, 3.8) is 0 Å². The molecule has 0 aliphatic rings. The number of nitrogens with two attached hydrogens (primary N) is 1. The summed E-state index contributed by atoms with van der Waals surface area (Å²) in [5.41, 5.74) is 6.47. The van der Waals surface area contributed by atoms with E-state index in [1.165, 1.54) is 0 Å². The normalized spacial score (nSPS) is 11.8. The van der Waals surface area contributed by atoms with E-state index < -0.39 is 0 Å². The number of amidine groups is 1. The third-order valence-corrected chi connectivity index (χ3v) is 3.26. The predicted molar refractivity (Wildman–Crippen MR) is 81.5 cm³/mol. The fourth-order valence-corrected chi connectivity index (χ4v) is 2.22. The molecule has 0 heterocycles. The summed E-state index contributed by atoms with van der Waals surface area (Å²) in [5.74, 6) is 0.738. The maximum Gasteiger partial charge on any atom is 0.174 e.